The van der Waals surface area contributed by atoms with Crippen LogP contribution in [-0.2, 0) is 10.3 Å². The molecule has 1 fully saturated rings. The van der Waals surface area contributed by atoms with E-state index >= 15 is 0 Å². The van der Waals surface area contributed by atoms with Gasteiger partial charge in [-0.3, -0.25) is 4.79 Å². The van der Waals surface area contributed by atoms with E-state index in [4.69, 9.17) is 9.15 Å². The minimum absolute atomic E-state index is 0.0661. The van der Waals surface area contributed by atoms with Gasteiger partial charge >= 0.3 is 0 Å². The van der Waals surface area contributed by atoms with Crippen molar-refractivity contribution in [1.29, 1.82) is 0 Å². The third-order valence-corrected chi connectivity index (χ3v) is 5.81. The number of anilines is 1. The Morgan fingerprint density at radius 3 is 3.04 bits per heavy atom. The summed E-state index contributed by atoms with van der Waals surface area (Å²) in [6, 6.07) is 11.7. The van der Waals surface area contributed by atoms with Crippen molar-refractivity contribution in [3.8, 4) is 5.82 Å². The van der Waals surface area contributed by atoms with Gasteiger partial charge in [0.25, 0.3) is 5.91 Å². The second-order valence-electron chi connectivity index (χ2n) is 7.24. The molecule has 0 N–H and O–H groups in total. The van der Waals surface area contributed by atoms with Crippen molar-refractivity contribution in [2.75, 3.05) is 38.3 Å². The first-order valence-corrected chi connectivity index (χ1v) is 9.47. The number of carbonyl (C=O) groups excluding carboxylic acids is 1. The smallest absolute Gasteiger partial charge is 0.289 e. The van der Waals surface area contributed by atoms with E-state index in [0.29, 0.717) is 25.5 Å². The largest absolute Gasteiger partial charge is 0.459 e. The van der Waals surface area contributed by atoms with Crippen molar-refractivity contribution < 1.29 is 13.9 Å². The zero-order valence-corrected chi connectivity index (χ0v) is 15.7. The Bertz CT molecular complexity index is 997. The van der Waals surface area contributed by atoms with Crippen LogP contribution in [0.4, 0.5) is 5.69 Å². The fraction of sp³-hybridized carbons (Fsp3) is 0.333. The van der Waals surface area contributed by atoms with E-state index < -0.39 is 0 Å². The number of rotatable bonds is 4. The number of likely N-dealkylation sites (tertiary alicyclic amines) is 1. The van der Waals surface area contributed by atoms with Crippen molar-refractivity contribution >= 4 is 11.6 Å². The van der Waals surface area contributed by atoms with Crippen LogP contribution < -0.4 is 4.90 Å². The second kappa shape index (κ2) is 6.53. The summed E-state index contributed by atoms with van der Waals surface area (Å²) in [5.74, 6) is 1.23. The number of fused-ring (bicyclic) bond motifs is 4. The topological polar surface area (TPSA) is 63.7 Å². The minimum Gasteiger partial charge on any atom is -0.459 e. The molecule has 1 spiro atoms. The van der Waals surface area contributed by atoms with Crippen LogP contribution in [0.15, 0.2) is 59.5 Å². The molecule has 1 atom stereocenters. The fourth-order valence-corrected chi connectivity index (χ4v) is 4.57. The number of aromatic nitrogens is 2. The van der Waals surface area contributed by atoms with Crippen LogP contribution in [0.2, 0.25) is 0 Å². The molecule has 2 aliphatic heterocycles. The maximum Gasteiger partial charge on any atom is 0.289 e. The molecule has 28 heavy (non-hydrogen) atoms. The van der Waals surface area contributed by atoms with Crippen molar-refractivity contribution in [1.82, 2.24) is 14.5 Å². The Morgan fingerprint density at radius 2 is 2.21 bits per heavy atom. The van der Waals surface area contributed by atoms with Gasteiger partial charge in [0.15, 0.2) is 11.6 Å². The van der Waals surface area contributed by atoms with Crippen molar-refractivity contribution in [3.63, 3.8) is 0 Å². The van der Waals surface area contributed by atoms with Crippen LogP contribution in [-0.4, -0.2) is 53.7 Å². The van der Waals surface area contributed by atoms with Crippen LogP contribution >= 0.6 is 0 Å². The lowest BCUT2D eigenvalue weighted by Gasteiger charge is -2.47. The van der Waals surface area contributed by atoms with Gasteiger partial charge in [-0.2, -0.15) is 0 Å². The predicted octanol–water partition coefficient (Wildman–Crippen LogP) is 2.67. The van der Waals surface area contributed by atoms with E-state index in [9.17, 15) is 4.79 Å². The molecular formula is C21H22N4O3. The molecule has 5 rings (SSSR count). The molecular weight excluding hydrogens is 356 g/mol. The van der Waals surface area contributed by atoms with E-state index in [1.165, 1.54) is 6.26 Å². The molecule has 0 aromatic carbocycles. The van der Waals surface area contributed by atoms with Gasteiger partial charge in [0.2, 0.25) is 0 Å². The number of furan rings is 1. The monoisotopic (exact) mass is 378 g/mol. The van der Waals surface area contributed by atoms with Gasteiger partial charge < -0.3 is 23.5 Å². The van der Waals surface area contributed by atoms with Gasteiger partial charge in [-0.15, -0.1) is 0 Å². The number of hydrogen-bond donors (Lipinski definition) is 0. The highest BCUT2D eigenvalue weighted by molar-refractivity contribution is 5.92. The van der Waals surface area contributed by atoms with E-state index in [-0.39, 0.29) is 11.4 Å². The summed E-state index contributed by atoms with van der Waals surface area (Å²) in [6.45, 7) is 2.59. The first kappa shape index (κ1) is 17.1. The number of ether oxygens (including phenoxy) is 1. The number of nitrogens with zero attached hydrogens (tertiary/aromatic N) is 4. The van der Waals surface area contributed by atoms with Crippen molar-refractivity contribution in [2.24, 2.45) is 0 Å². The second-order valence-corrected chi connectivity index (χ2v) is 7.24. The highest BCUT2D eigenvalue weighted by atomic mass is 16.5. The normalized spacial score (nSPS) is 20.5. The van der Waals surface area contributed by atoms with E-state index in [1.54, 1.807) is 19.2 Å². The molecule has 1 saturated heterocycles. The Kier molecular flexibility index (Phi) is 3.98. The Labute approximate surface area is 163 Å². The molecule has 0 bridgehead atoms. The lowest BCUT2D eigenvalue weighted by atomic mass is 9.89. The van der Waals surface area contributed by atoms with Gasteiger partial charge in [0, 0.05) is 32.6 Å². The molecule has 7 nitrogen and oxygen atoms in total. The first-order valence-electron chi connectivity index (χ1n) is 9.47. The number of carbonyl (C=O) groups is 1. The summed E-state index contributed by atoms with van der Waals surface area (Å²) in [6.07, 6.45) is 6.24. The molecule has 5 heterocycles. The standard InChI is InChI=1S/C21H22N4O3/c1-27-14-12-25-16-5-2-9-22-19(16)24-10-3-7-18(24)21(25)8-11-23(15-21)20(26)17-6-4-13-28-17/h2-7,9-10,13H,8,11-12,14-15H2,1H3. The quantitative estimate of drug-likeness (QED) is 0.698. The Morgan fingerprint density at radius 1 is 1.29 bits per heavy atom. The molecule has 144 valence electrons. The van der Waals surface area contributed by atoms with Gasteiger partial charge in [-0.05, 0) is 42.8 Å². The molecule has 7 heteroatoms. The van der Waals surface area contributed by atoms with Crippen LogP contribution in [0.25, 0.3) is 5.82 Å². The van der Waals surface area contributed by atoms with Gasteiger partial charge in [0.05, 0.1) is 30.8 Å². The molecule has 1 unspecified atom stereocenters. The molecule has 3 aromatic heterocycles. The predicted molar refractivity (Wildman–Crippen MR) is 104 cm³/mol. The average Bonchev–Trinajstić information content (AvgIpc) is 3.48. The van der Waals surface area contributed by atoms with Crippen molar-refractivity contribution in [2.45, 2.75) is 12.0 Å². The lowest BCUT2D eigenvalue weighted by molar-refractivity contribution is 0.0749. The third-order valence-electron chi connectivity index (χ3n) is 5.81. The molecule has 2 aliphatic rings. The minimum atomic E-state index is -0.319. The van der Waals surface area contributed by atoms with Crippen LogP contribution in [0, 0.1) is 0 Å². The number of hydrogen-bond acceptors (Lipinski definition) is 5. The van der Waals surface area contributed by atoms with Crippen LogP contribution in [0.5, 0.6) is 0 Å². The number of amides is 1. The molecule has 3 aromatic rings. The molecule has 0 radical (unpaired) electrons. The molecule has 0 aliphatic carbocycles. The van der Waals surface area contributed by atoms with E-state index in [0.717, 1.165) is 30.2 Å². The van der Waals surface area contributed by atoms with Gasteiger partial charge in [-0.1, -0.05) is 0 Å². The van der Waals surface area contributed by atoms with Crippen LogP contribution in [0.1, 0.15) is 22.7 Å². The zero-order valence-electron chi connectivity index (χ0n) is 15.7. The number of pyridine rings is 1. The highest BCUT2D eigenvalue weighted by Gasteiger charge is 2.50. The van der Waals surface area contributed by atoms with Crippen molar-refractivity contribution in [3.05, 3.63) is 66.5 Å². The van der Waals surface area contributed by atoms with E-state index in [2.05, 4.69) is 26.6 Å². The molecule has 0 saturated carbocycles. The SMILES string of the molecule is COCCN1c2cccnc2-n2cccc2C12CCN(C(=O)c1ccco1)C2. The summed E-state index contributed by atoms with van der Waals surface area (Å²) in [5.41, 5.74) is 1.90. The molecule has 1 amide bonds. The van der Waals surface area contributed by atoms with Gasteiger partial charge in [-0.25, -0.2) is 4.98 Å². The average molecular weight is 378 g/mol. The van der Waals surface area contributed by atoms with E-state index in [1.807, 2.05) is 29.4 Å². The summed E-state index contributed by atoms with van der Waals surface area (Å²) in [7, 11) is 1.71. The van der Waals surface area contributed by atoms with Gasteiger partial charge in [0.1, 0.15) is 5.54 Å². The summed E-state index contributed by atoms with van der Waals surface area (Å²) >= 11 is 0. The van der Waals surface area contributed by atoms with Crippen LogP contribution in [0.3, 0.4) is 0 Å². The maximum atomic E-state index is 12.9. The summed E-state index contributed by atoms with van der Waals surface area (Å²) in [5, 5.41) is 0. The summed E-state index contributed by atoms with van der Waals surface area (Å²) in [4.78, 5) is 21.8. The first-order chi connectivity index (χ1) is 13.7. The third kappa shape index (κ3) is 2.39. The highest BCUT2D eigenvalue weighted by Crippen LogP contribution is 2.46. The fourth-order valence-electron chi connectivity index (χ4n) is 4.57. The Balaban J connectivity index is 1.58. The lowest BCUT2D eigenvalue weighted by Crippen LogP contribution is -2.53. The Hall–Kier alpha value is -3.06. The summed E-state index contributed by atoms with van der Waals surface area (Å²) < 4.78 is 12.9. The zero-order chi connectivity index (χ0) is 19.1. The maximum absolute atomic E-state index is 12.9. The number of methoxy groups -OCH3 is 1.